The van der Waals surface area contributed by atoms with E-state index < -0.39 is 5.54 Å². The lowest BCUT2D eigenvalue weighted by molar-refractivity contribution is -0.126. The van der Waals surface area contributed by atoms with Crippen LogP contribution in [0.1, 0.15) is 31.2 Å². The molecule has 0 unspecified atom stereocenters. The minimum absolute atomic E-state index is 0.234. The van der Waals surface area contributed by atoms with Crippen molar-refractivity contribution in [3.05, 3.63) is 35.9 Å². The number of ketones is 1. The Balaban J connectivity index is 1.86. The predicted octanol–water partition coefficient (Wildman–Crippen LogP) is 2.07. The normalized spacial score (nSPS) is 18.2. The second-order valence-corrected chi connectivity index (χ2v) is 4.42. The van der Waals surface area contributed by atoms with Crippen molar-refractivity contribution in [2.45, 2.75) is 37.6 Å². The van der Waals surface area contributed by atoms with Gasteiger partial charge in [-0.1, -0.05) is 30.3 Å². The molecule has 0 bridgehead atoms. The number of hydrogen-bond donors (Lipinski definition) is 1. The number of aryl methyl sites for hydroxylation is 1. The van der Waals surface area contributed by atoms with Crippen molar-refractivity contribution in [1.82, 2.24) is 0 Å². The molecule has 0 aromatic heterocycles. The van der Waals surface area contributed by atoms with Crippen LogP contribution < -0.4 is 5.73 Å². The first kappa shape index (κ1) is 10.4. The van der Waals surface area contributed by atoms with Crippen LogP contribution in [0.4, 0.5) is 0 Å². The highest BCUT2D eigenvalue weighted by Gasteiger charge is 2.38. The molecule has 15 heavy (non-hydrogen) atoms. The van der Waals surface area contributed by atoms with Gasteiger partial charge in [-0.15, -0.1) is 0 Å². The summed E-state index contributed by atoms with van der Waals surface area (Å²) in [7, 11) is 0. The summed E-state index contributed by atoms with van der Waals surface area (Å²) >= 11 is 0. The van der Waals surface area contributed by atoms with E-state index in [1.54, 1.807) is 0 Å². The first-order chi connectivity index (χ1) is 7.21. The first-order valence-corrected chi connectivity index (χ1v) is 5.57. The third kappa shape index (κ3) is 2.26. The smallest absolute Gasteiger partial charge is 0.152 e. The average molecular weight is 203 g/mol. The second kappa shape index (κ2) is 4.15. The van der Waals surface area contributed by atoms with Crippen LogP contribution in [0.25, 0.3) is 0 Å². The molecule has 0 radical (unpaired) electrons. The molecular formula is C13H17NO. The molecule has 0 heterocycles. The van der Waals surface area contributed by atoms with E-state index in [2.05, 4.69) is 12.1 Å². The summed E-state index contributed by atoms with van der Waals surface area (Å²) < 4.78 is 0. The lowest BCUT2D eigenvalue weighted by atomic mass is 9.73. The molecule has 1 aliphatic carbocycles. The van der Waals surface area contributed by atoms with Crippen molar-refractivity contribution in [2.75, 3.05) is 0 Å². The molecule has 0 saturated heterocycles. The topological polar surface area (TPSA) is 43.1 Å². The van der Waals surface area contributed by atoms with E-state index in [0.29, 0.717) is 6.42 Å². The van der Waals surface area contributed by atoms with Crippen LogP contribution in [0.5, 0.6) is 0 Å². The predicted molar refractivity (Wildman–Crippen MR) is 60.5 cm³/mol. The van der Waals surface area contributed by atoms with Gasteiger partial charge < -0.3 is 5.73 Å². The number of carbonyl (C=O) groups excluding carboxylic acids is 1. The summed E-state index contributed by atoms with van der Waals surface area (Å²) in [4.78, 5) is 11.8. The van der Waals surface area contributed by atoms with Gasteiger partial charge in [0.05, 0.1) is 5.54 Å². The SMILES string of the molecule is NC1(C(=O)CCc2ccccc2)CCC1. The summed E-state index contributed by atoms with van der Waals surface area (Å²) in [5.74, 6) is 0.234. The molecule has 1 aromatic rings. The number of rotatable bonds is 4. The highest BCUT2D eigenvalue weighted by Crippen LogP contribution is 2.31. The molecule has 0 amide bonds. The van der Waals surface area contributed by atoms with Gasteiger partial charge >= 0.3 is 0 Å². The zero-order valence-corrected chi connectivity index (χ0v) is 8.91. The van der Waals surface area contributed by atoms with E-state index in [1.165, 1.54) is 5.56 Å². The Labute approximate surface area is 90.5 Å². The van der Waals surface area contributed by atoms with Gasteiger partial charge in [0.25, 0.3) is 0 Å². The van der Waals surface area contributed by atoms with Crippen molar-refractivity contribution in [3.8, 4) is 0 Å². The van der Waals surface area contributed by atoms with E-state index in [0.717, 1.165) is 25.7 Å². The minimum Gasteiger partial charge on any atom is -0.319 e. The van der Waals surface area contributed by atoms with Gasteiger partial charge in [-0.25, -0.2) is 0 Å². The number of hydrogen-bond acceptors (Lipinski definition) is 2. The third-order valence-electron chi connectivity index (χ3n) is 3.28. The first-order valence-electron chi connectivity index (χ1n) is 5.57. The van der Waals surface area contributed by atoms with Crippen molar-refractivity contribution >= 4 is 5.78 Å². The molecule has 2 nitrogen and oxygen atoms in total. The Morgan fingerprint density at radius 2 is 1.93 bits per heavy atom. The van der Waals surface area contributed by atoms with E-state index in [4.69, 9.17) is 5.73 Å². The monoisotopic (exact) mass is 203 g/mol. The summed E-state index contributed by atoms with van der Waals surface area (Å²) in [6.07, 6.45) is 4.26. The highest BCUT2D eigenvalue weighted by molar-refractivity contribution is 5.89. The van der Waals surface area contributed by atoms with Crippen LogP contribution >= 0.6 is 0 Å². The van der Waals surface area contributed by atoms with Gasteiger partial charge in [0, 0.05) is 6.42 Å². The lowest BCUT2D eigenvalue weighted by Gasteiger charge is -2.36. The van der Waals surface area contributed by atoms with Crippen molar-refractivity contribution < 1.29 is 4.79 Å². The largest absolute Gasteiger partial charge is 0.319 e. The number of Topliss-reactive ketones (excluding diaryl/α,β-unsaturated/α-hetero) is 1. The molecule has 1 aromatic carbocycles. The van der Waals surface area contributed by atoms with E-state index in [9.17, 15) is 4.79 Å². The number of nitrogens with two attached hydrogens (primary N) is 1. The Morgan fingerprint density at radius 1 is 1.27 bits per heavy atom. The zero-order valence-electron chi connectivity index (χ0n) is 8.91. The molecule has 80 valence electrons. The molecule has 2 N–H and O–H groups in total. The molecule has 0 atom stereocenters. The van der Waals surface area contributed by atoms with Gasteiger partial charge in [-0.3, -0.25) is 4.79 Å². The Hall–Kier alpha value is -1.15. The fourth-order valence-electron chi connectivity index (χ4n) is 1.99. The molecule has 1 aliphatic rings. The summed E-state index contributed by atoms with van der Waals surface area (Å²) in [6, 6.07) is 10.1. The minimum atomic E-state index is -0.477. The quantitative estimate of drug-likeness (QED) is 0.814. The van der Waals surface area contributed by atoms with Crippen LogP contribution in [-0.2, 0) is 11.2 Å². The zero-order chi connectivity index (χ0) is 10.7. The van der Waals surface area contributed by atoms with Crippen molar-refractivity contribution in [1.29, 1.82) is 0 Å². The molecular weight excluding hydrogens is 186 g/mol. The fourth-order valence-corrected chi connectivity index (χ4v) is 1.99. The molecule has 0 spiro atoms. The summed E-state index contributed by atoms with van der Waals surface area (Å²) in [5, 5.41) is 0. The third-order valence-corrected chi connectivity index (χ3v) is 3.28. The summed E-state index contributed by atoms with van der Waals surface area (Å²) in [6.45, 7) is 0. The molecule has 0 aliphatic heterocycles. The highest BCUT2D eigenvalue weighted by atomic mass is 16.1. The lowest BCUT2D eigenvalue weighted by Crippen LogP contribution is -2.53. The Kier molecular flexibility index (Phi) is 2.87. The van der Waals surface area contributed by atoms with Crippen molar-refractivity contribution in [3.63, 3.8) is 0 Å². The molecule has 2 rings (SSSR count). The maximum absolute atomic E-state index is 11.8. The molecule has 2 heteroatoms. The van der Waals surface area contributed by atoms with Crippen LogP contribution in [0.2, 0.25) is 0 Å². The van der Waals surface area contributed by atoms with Crippen LogP contribution in [-0.4, -0.2) is 11.3 Å². The molecule has 1 saturated carbocycles. The maximum atomic E-state index is 11.8. The summed E-state index contributed by atoms with van der Waals surface area (Å²) in [5.41, 5.74) is 6.70. The van der Waals surface area contributed by atoms with Crippen LogP contribution in [0.3, 0.4) is 0 Å². The number of benzene rings is 1. The number of carbonyl (C=O) groups is 1. The van der Waals surface area contributed by atoms with Crippen molar-refractivity contribution in [2.24, 2.45) is 5.73 Å². The van der Waals surface area contributed by atoms with Gasteiger partial charge in [-0.2, -0.15) is 0 Å². The maximum Gasteiger partial charge on any atom is 0.152 e. The van der Waals surface area contributed by atoms with Crippen LogP contribution in [0, 0.1) is 0 Å². The fraction of sp³-hybridized carbons (Fsp3) is 0.462. The Bertz CT molecular complexity index is 341. The average Bonchev–Trinajstić information content (AvgIpc) is 2.24. The Morgan fingerprint density at radius 3 is 2.47 bits per heavy atom. The second-order valence-electron chi connectivity index (χ2n) is 4.42. The van der Waals surface area contributed by atoms with E-state index in [1.807, 2.05) is 18.2 Å². The van der Waals surface area contributed by atoms with E-state index in [-0.39, 0.29) is 5.78 Å². The van der Waals surface area contributed by atoms with Gasteiger partial charge in [-0.05, 0) is 31.2 Å². The van der Waals surface area contributed by atoms with E-state index >= 15 is 0 Å². The van der Waals surface area contributed by atoms with Crippen LogP contribution in [0.15, 0.2) is 30.3 Å². The van der Waals surface area contributed by atoms with Gasteiger partial charge in [0.1, 0.15) is 0 Å². The molecule has 1 fully saturated rings. The van der Waals surface area contributed by atoms with Gasteiger partial charge in [0.15, 0.2) is 5.78 Å². The standard InChI is InChI=1S/C13H17NO/c14-13(9-4-10-13)12(15)8-7-11-5-2-1-3-6-11/h1-3,5-6H,4,7-10,14H2. The van der Waals surface area contributed by atoms with Gasteiger partial charge in [0.2, 0.25) is 0 Å².